The highest BCUT2D eigenvalue weighted by Gasteiger charge is 2.35. The second-order valence-corrected chi connectivity index (χ2v) is 7.68. The standard InChI is InChI=1S/C17H20N2O3S/c20-17(18-12-16-11-14-6-7-15(16)10-14)19-23(21,22)9-8-13-4-2-1-3-5-13/h1-9,14-16H,10-12H2,(H2,18,19,20)/b9-8+. The van der Waals surface area contributed by atoms with Gasteiger partial charge in [-0.2, -0.15) is 0 Å². The van der Waals surface area contributed by atoms with Crippen LogP contribution in [0.1, 0.15) is 18.4 Å². The Balaban J connectivity index is 1.48. The normalized spacial score (nSPS) is 25.8. The molecule has 0 spiro atoms. The summed E-state index contributed by atoms with van der Waals surface area (Å²) < 4.78 is 25.7. The van der Waals surface area contributed by atoms with Crippen molar-refractivity contribution >= 4 is 22.1 Å². The molecule has 1 fully saturated rings. The summed E-state index contributed by atoms with van der Waals surface area (Å²) in [7, 11) is -3.79. The number of sulfonamides is 1. The van der Waals surface area contributed by atoms with E-state index in [0.29, 0.717) is 24.3 Å². The molecule has 6 heteroatoms. The molecule has 2 N–H and O–H groups in total. The third kappa shape index (κ3) is 4.22. The number of carbonyl (C=O) groups is 1. The van der Waals surface area contributed by atoms with Crippen LogP contribution in [0.25, 0.3) is 6.08 Å². The van der Waals surface area contributed by atoms with Crippen molar-refractivity contribution in [1.82, 2.24) is 10.0 Å². The van der Waals surface area contributed by atoms with Crippen molar-refractivity contribution in [2.24, 2.45) is 17.8 Å². The van der Waals surface area contributed by atoms with Crippen molar-refractivity contribution in [3.05, 3.63) is 53.5 Å². The third-order valence-electron chi connectivity index (χ3n) is 4.42. The van der Waals surface area contributed by atoms with E-state index in [2.05, 4.69) is 17.5 Å². The molecule has 0 radical (unpaired) electrons. The molecule has 1 aromatic carbocycles. The Morgan fingerprint density at radius 2 is 1.96 bits per heavy atom. The van der Waals surface area contributed by atoms with Gasteiger partial charge < -0.3 is 5.32 Å². The first-order chi connectivity index (χ1) is 11.0. The van der Waals surface area contributed by atoms with E-state index < -0.39 is 16.1 Å². The van der Waals surface area contributed by atoms with Gasteiger partial charge in [-0.05, 0) is 42.2 Å². The second-order valence-electron chi connectivity index (χ2n) is 6.11. The lowest BCUT2D eigenvalue weighted by molar-refractivity contribution is 0.243. The van der Waals surface area contributed by atoms with Crippen LogP contribution in [-0.2, 0) is 10.0 Å². The van der Waals surface area contributed by atoms with Crippen LogP contribution < -0.4 is 10.0 Å². The van der Waals surface area contributed by atoms with Crippen LogP contribution in [0.2, 0.25) is 0 Å². The number of fused-ring (bicyclic) bond motifs is 2. The SMILES string of the molecule is O=C(NCC1CC2C=CC1C2)NS(=O)(=O)/C=C/c1ccccc1. The van der Waals surface area contributed by atoms with Crippen LogP contribution in [0, 0.1) is 17.8 Å². The number of benzene rings is 1. The molecule has 0 heterocycles. The van der Waals surface area contributed by atoms with Gasteiger partial charge in [0.1, 0.15) is 0 Å². The Morgan fingerprint density at radius 3 is 2.61 bits per heavy atom. The largest absolute Gasteiger partial charge is 0.337 e. The molecule has 3 atom stereocenters. The number of rotatable bonds is 5. The van der Waals surface area contributed by atoms with Crippen LogP contribution in [-0.4, -0.2) is 21.0 Å². The van der Waals surface area contributed by atoms with Crippen molar-refractivity contribution in [2.75, 3.05) is 6.54 Å². The van der Waals surface area contributed by atoms with Gasteiger partial charge in [0, 0.05) is 6.54 Å². The maximum Gasteiger partial charge on any atom is 0.328 e. The summed E-state index contributed by atoms with van der Waals surface area (Å²) in [6.45, 7) is 0.509. The van der Waals surface area contributed by atoms with Crippen LogP contribution in [0.4, 0.5) is 4.79 Å². The van der Waals surface area contributed by atoms with Crippen LogP contribution >= 0.6 is 0 Å². The molecule has 0 aliphatic heterocycles. The van der Waals surface area contributed by atoms with Gasteiger partial charge in [0.15, 0.2) is 0 Å². The fraction of sp³-hybridized carbons (Fsp3) is 0.353. The van der Waals surface area contributed by atoms with Crippen molar-refractivity contribution in [2.45, 2.75) is 12.8 Å². The van der Waals surface area contributed by atoms with Crippen molar-refractivity contribution < 1.29 is 13.2 Å². The van der Waals surface area contributed by atoms with Crippen molar-refractivity contribution in [3.8, 4) is 0 Å². The summed E-state index contributed by atoms with van der Waals surface area (Å²) in [4.78, 5) is 11.8. The van der Waals surface area contributed by atoms with Gasteiger partial charge in [-0.1, -0.05) is 42.5 Å². The zero-order valence-corrected chi connectivity index (χ0v) is 13.5. The van der Waals surface area contributed by atoms with E-state index in [1.807, 2.05) is 22.9 Å². The van der Waals surface area contributed by atoms with Gasteiger partial charge in [-0.3, -0.25) is 0 Å². The molecule has 2 amide bonds. The Kier molecular flexibility index (Phi) is 4.52. The minimum Gasteiger partial charge on any atom is -0.337 e. The molecule has 2 bridgehead atoms. The Bertz CT molecular complexity index is 725. The highest BCUT2D eigenvalue weighted by Crippen LogP contribution is 2.42. The Hall–Kier alpha value is -2.08. The Labute approximate surface area is 136 Å². The third-order valence-corrected chi connectivity index (χ3v) is 5.38. The maximum atomic E-state index is 11.9. The second kappa shape index (κ2) is 6.58. The molecule has 5 nitrogen and oxygen atoms in total. The fourth-order valence-corrected chi connectivity index (χ4v) is 4.02. The minimum atomic E-state index is -3.79. The quantitative estimate of drug-likeness (QED) is 0.814. The fourth-order valence-electron chi connectivity index (χ4n) is 3.28. The molecular formula is C17H20N2O3S. The zero-order valence-electron chi connectivity index (χ0n) is 12.7. The number of carbonyl (C=O) groups excluding carboxylic acids is 1. The summed E-state index contributed by atoms with van der Waals surface area (Å²) in [5.74, 6) is 1.57. The lowest BCUT2D eigenvalue weighted by Crippen LogP contribution is -2.41. The molecule has 1 aromatic rings. The van der Waals surface area contributed by atoms with Crippen molar-refractivity contribution in [3.63, 3.8) is 0 Å². The first kappa shape index (κ1) is 15.8. The summed E-state index contributed by atoms with van der Waals surface area (Å²) >= 11 is 0. The first-order valence-electron chi connectivity index (χ1n) is 7.74. The monoisotopic (exact) mass is 332 g/mol. The molecule has 23 heavy (non-hydrogen) atoms. The number of nitrogens with one attached hydrogen (secondary N) is 2. The summed E-state index contributed by atoms with van der Waals surface area (Å²) in [6.07, 6.45) is 8.13. The van der Waals surface area contributed by atoms with Crippen LogP contribution in [0.3, 0.4) is 0 Å². The number of hydrogen-bond acceptors (Lipinski definition) is 3. The predicted molar refractivity (Wildman–Crippen MR) is 89.8 cm³/mol. The predicted octanol–water partition coefficient (Wildman–Crippen LogP) is 2.50. The van der Waals surface area contributed by atoms with E-state index in [1.165, 1.54) is 6.08 Å². The summed E-state index contributed by atoms with van der Waals surface area (Å²) in [5.41, 5.74) is 0.757. The lowest BCUT2D eigenvalue weighted by Gasteiger charge is -2.18. The van der Waals surface area contributed by atoms with E-state index in [1.54, 1.807) is 12.1 Å². The molecular weight excluding hydrogens is 312 g/mol. The molecule has 2 aliphatic rings. The molecule has 1 saturated carbocycles. The van der Waals surface area contributed by atoms with Gasteiger partial charge in [0.05, 0.1) is 5.41 Å². The highest BCUT2D eigenvalue weighted by molar-refractivity contribution is 7.93. The molecule has 0 aromatic heterocycles. The van der Waals surface area contributed by atoms with E-state index in [9.17, 15) is 13.2 Å². The average Bonchev–Trinajstić information content (AvgIpc) is 3.14. The van der Waals surface area contributed by atoms with E-state index in [4.69, 9.17) is 0 Å². The van der Waals surface area contributed by atoms with E-state index in [0.717, 1.165) is 23.8 Å². The maximum absolute atomic E-state index is 11.9. The first-order valence-corrected chi connectivity index (χ1v) is 9.28. The zero-order chi connectivity index (χ0) is 16.3. The van der Waals surface area contributed by atoms with Gasteiger partial charge in [0.25, 0.3) is 10.0 Å². The van der Waals surface area contributed by atoms with Gasteiger partial charge in [0.2, 0.25) is 0 Å². The molecule has 3 rings (SSSR count). The number of amides is 2. The average molecular weight is 332 g/mol. The topological polar surface area (TPSA) is 75.3 Å². The van der Waals surface area contributed by atoms with E-state index >= 15 is 0 Å². The number of allylic oxidation sites excluding steroid dienone is 2. The summed E-state index contributed by atoms with van der Waals surface area (Å²) in [6, 6.07) is 8.38. The minimum absolute atomic E-state index is 0.415. The van der Waals surface area contributed by atoms with Crippen LogP contribution in [0.5, 0.6) is 0 Å². The number of urea groups is 1. The smallest absolute Gasteiger partial charge is 0.328 e. The molecule has 3 unspecified atom stereocenters. The van der Waals surface area contributed by atoms with Crippen LogP contribution in [0.15, 0.2) is 47.9 Å². The van der Waals surface area contributed by atoms with Gasteiger partial charge in [-0.25, -0.2) is 17.9 Å². The molecule has 0 saturated heterocycles. The van der Waals surface area contributed by atoms with Crippen molar-refractivity contribution in [1.29, 1.82) is 0 Å². The Morgan fingerprint density at radius 1 is 1.17 bits per heavy atom. The number of hydrogen-bond donors (Lipinski definition) is 2. The molecule has 2 aliphatic carbocycles. The molecule has 122 valence electrons. The van der Waals surface area contributed by atoms with Gasteiger partial charge >= 0.3 is 6.03 Å². The lowest BCUT2D eigenvalue weighted by atomic mass is 9.94. The summed E-state index contributed by atoms with van der Waals surface area (Å²) in [5, 5.41) is 3.67. The van der Waals surface area contributed by atoms with E-state index in [-0.39, 0.29) is 0 Å². The van der Waals surface area contributed by atoms with Gasteiger partial charge in [-0.15, -0.1) is 0 Å². The highest BCUT2D eigenvalue weighted by atomic mass is 32.2.